The molecule has 11 rings (SSSR count). The molecule has 0 N–H and O–H groups in total. The van der Waals surface area contributed by atoms with Gasteiger partial charge in [0.05, 0.1) is 16.7 Å². The molecule has 0 saturated heterocycles. The molecule has 262 valence electrons. The van der Waals surface area contributed by atoms with Crippen LogP contribution in [0.15, 0.2) is 218 Å². The lowest BCUT2D eigenvalue weighted by atomic mass is 9.90. The Labute approximate surface area is 325 Å². The number of para-hydroxylation sites is 3. The van der Waals surface area contributed by atoms with Crippen molar-refractivity contribution in [3.63, 3.8) is 0 Å². The van der Waals surface area contributed by atoms with Crippen LogP contribution < -0.4 is 4.90 Å². The van der Waals surface area contributed by atoms with Crippen molar-refractivity contribution in [3.05, 3.63) is 218 Å². The van der Waals surface area contributed by atoms with Crippen LogP contribution >= 0.6 is 0 Å². The molecular formula is C54H36N2. The highest BCUT2D eigenvalue weighted by atomic mass is 15.2. The molecule has 0 aliphatic rings. The van der Waals surface area contributed by atoms with Crippen LogP contribution in [0.1, 0.15) is 0 Å². The van der Waals surface area contributed by atoms with E-state index >= 15 is 0 Å². The van der Waals surface area contributed by atoms with Gasteiger partial charge in [-0.25, -0.2) is 0 Å². The van der Waals surface area contributed by atoms with Crippen LogP contribution in [0, 0.1) is 0 Å². The Bertz CT molecular complexity index is 3230. The van der Waals surface area contributed by atoms with Gasteiger partial charge in [-0.3, -0.25) is 0 Å². The molecule has 0 bridgehead atoms. The van der Waals surface area contributed by atoms with Gasteiger partial charge in [0.15, 0.2) is 0 Å². The van der Waals surface area contributed by atoms with E-state index in [1.807, 2.05) is 0 Å². The SMILES string of the molecule is c1ccc(-c2cccc(N(c3ccc(-c4cc5ccc6ccccc6c5c5ccccc45)cc3)c3cccc4c5ccccc5n(-c5ccccc5)c34)c2)cc1. The van der Waals surface area contributed by atoms with Crippen LogP contribution in [0.3, 0.4) is 0 Å². The van der Waals surface area contributed by atoms with Gasteiger partial charge in [0.1, 0.15) is 0 Å². The fourth-order valence-corrected chi connectivity index (χ4v) is 8.82. The van der Waals surface area contributed by atoms with E-state index in [9.17, 15) is 0 Å². The number of benzene rings is 10. The second-order valence-electron chi connectivity index (χ2n) is 14.5. The molecule has 1 heterocycles. The number of aromatic nitrogens is 1. The van der Waals surface area contributed by atoms with Crippen molar-refractivity contribution in [1.82, 2.24) is 4.57 Å². The number of nitrogens with zero attached hydrogens (tertiary/aromatic N) is 2. The quantitative estimate of drug-likeness (QED) is 0.156. The van der Waals surface area contributed by atoms with E-state index in [1.54, 1.807) is 0 Å². The fourth-order valence-electron chi connectivity index (χ4n) is 8.82. The Morgan fingerprint density at radius 2 is 0.964 bits per heavy atom. The normalized spacial score (nSPS) is 11.6. The number of hydrogen-bond acceptors (Lipinski definition) is 1. The summed E-state index contributed by atoms with van der Waals surface area (Å²) in [6.07, 6.45) is 0. The van der Waals surface area contributed by atoms with Gasteiger partial charge in [-0.1, -0.05) is 164 Å². The molecule has 0 amide bonds. The van der Waals surface area contributed by atoms with Crippen molar-refractivity contribution >= 4 is 71.2 Å². The van der Waals surface area contributed by atoms with Crippen molar-refractivity contribution < 1.29 is 0 Å². The molecule has 0 radical (unpaired) electrons. The first kappa shape index (κ1) is 32.0. The molecule has 0 atom stereocenters. The third-order valence-electron chi connectivity index (χ3n) is 11.3. The van der Waals surface area contributed by atoms with Crippen molar-refractivity contribution in [2.45, 2.75) is 0 Å². The Morgan fingerprint density at radius 3 is 1.79 bits per heavy atom. The highest BCUT2D eigenvalue weighted by Gasteiger charge is 2.22. The molecule has 0 saturated carbocycles. The third-order valence-corrected chi connectivity index (χ3v) is 11.3. The molecule has 10 aromatic carbocycles. The summed E-state index contributed by atoms with van der Waals surface area (Å²) >= 11 is 0. The first-order chi connectivity index (χ1) is 27.8. The average Bonchev–Trinajstić information content (AvgIpc) is 3.62. The maximum absolute atomic E-state index is 2.43. The van der Waals surface area contributed by atoms with E-state index in [0.717, 1.165) is 22.7 Å². The summed E-state index contributed by atoms with van der Waals surface area (Å²) in [7, 11) is 0. The van der Waals surface area contributed by atoms with Crippen LogP contribution in [0.25, 0.3) is 82.1 Å². The summed E-state index contributed by atoms with van der Waals surface area (Å²) in [6.45, 7) is 0. The minimum absolute atomic E-state index is 1.09. The lowest BCUT2D eigenvalue weighted by Gasteiger charge is -2.28. The van der Waals surface area contributed by atoms with E-state index in [0.29, 0.717) is 0 Å². The van der Waals surface area contributed by atoms with Gasteiger partial charge in [0.2, 0.25) is 0 Å². The van der Waals surface area contributed by atoms with E-state index < -0.39 is 0 Å². The van der Waals surface area contributed by atoms with Crippen LogP contribution in [0.5, 0.6) is 0 Å². The van der Waals surface area contributed by atoms with Crippen LogP contribution in [0.4, 0.5) is 17.1 Å². The summed E-state index contributed by atoms with van der Waals surface area (Å²) in [5.74, 6) is 0. The van der Waals surface area contributed by atoms with Gasteiger partial charge in [-0.15, -0.1) is 0 Å². The van der Waals surface area contributed by atoms with E-state index in [2.05, 4.69) is 228 Å². The minimum atomic E-state index is 1.09. The number of fused-ring (bicyclic) bond motifs is 8. The van der Waals surface area contributed by atoms with Crippen molar-refractivity contribution in [2.24, 2.45) is 0 Å². The highest BCUT2D eigenvalue weighted by Crippen LogP contribution is 2.45. The first-order valence-electron chi connectivity index (χ1n) is 19.3. The smallest absolute Gasteiger partial charge is 0.0782 e. The lowest BCUT2D eigenvalue weighted by molar-refractivity contribution is 1.17. The molecule has 1 aromatic heterocycles. The summed E-state index contributed by atoms with van der Waals surface area (Å²) in [6, 6.07) is 79.5. The highest BCUT2D eigenvalue weighted by molar-refractivity contribution is 6.23. The molecule has 56 heavy (non-hydrogen) atoms. The third kappa shape index (κ3) is 5.19. The van der Waals surface area contributed by atoms with Gasteiger partial charge in [-0.05, 0) is 109 Å². The molecule has 2 heteroatoms. The zero-order valence-corrected chi connectivity index (χ0v) is 30.7. The molecule has 0 unspecified atom stereocenters. The van der Waals surface area contributed by atoms with E-state index in [4.69, 9.17) is 0 Å². The molecule has 11 aromatic rings. The number of anilines is 3. The van der Waals surface area contributed by atoms with Gasteiger partial charge < -0.3 is 9.47 Å². The van der Waals surface area contributed by atoms with E-state index in [1.165, 1.54) is 76.4 Å². The average molecular weight is 713 g/mol. The predicted octanol–water partition coefficient (Wildman–Crippen LogP) is 15.0. The van der Waals surface area contributed by atoms with E-state index in [-0.39, 0.29) is 0 Å². The molecular weight excluding hydrogens is 677 g/mol. The zero-order chi connectivity index (χ0) is 37.0. The Kier molecular flexibility index (Phi) is 7.53. The Morgan fingerprint density at radius 1 is 0.339 bits per heavy atom. The second kappa shape index (κ2) is 13.2. The molecule has 0 spiro atoms. The van der Waals surface area contributed by atoms with Gasteiger partial charge in [0, 0.05) is 27.8 Å². The zero-order valence-electron chi connectivity index (χ0n) is 30.7. The van der Waals surface area contributed by atoms with Crippen LogP contribution in [0.2, 0.25) is 0 Å². The van der Waals surface area contributed by atoms with Gasteiger partial charge >= 0.3 is 0 Å². The maximum atomic E-state index is 2.43. The monoisotopic (exact) mass is 712 g/mol. The maximum Gasteiger partial charge on any atom is 0.0782 e. The predicted molar refractivity (Wildman–Crippen MR) is 239 cm³/mol. The lowest BCUT2D eigenvalue weighted by Crippen LogP contribution is -2.11. The summed E-state index contributed by atoms with van der Waals surface area (Å²) in [5, 5.41) is 10.1. The number of rotatable bonds is 6. The Balaban J connectivity index is 1.14. The van der Waals surface area contributed by atoms with Crippen molar-refractivity contribution in [3.8, 4) is 27.9 Å². The minimum Gasteiger partial charge on any atom is -0.308 e. The van der Waals surface area contributed by atoms with Gasteiger partial charge in [-0.2, -0.15) is 0 Å². The topological polar surface area (TPSA) is 8.17 Å². The molecule has 0 aliphatic heterocycles. The largest absolute Gasteiger partial charge is 0.308 e. The van der Waals surface area contributed by atoms with Crippen LogP contribution in [-0.2, 0) is 0 Å². The summed E-state index contributed by atoms with van der Waals surface area (Å²) in [5.41, 5.74) is 11.6. The Hall–Kier alpha value is -7.42. The summed E-state index contributed by atoms with van der Waals surface area (Å²) in [4.78, 5) is 2.43. The fraction of sp³-hybridized carbons (Fsp3) is 0. The molecule has 2 nitrogen and oxygen atoms in total. The molecule has 0 aliphatic carbocycles. The standard InChI is InChI=1S/C54H36N2/c1-3-15-37(16-4-1)40-18-13-21-44(35-40)55(52-28-14-26-49-47-24-11-12-27-51(47)56(54(49)52)42-19-5-2-6-20-42)43-33-31-39(32-34-43)50-36-41-30-29-38-17-7-8-22-45(38)53(41)48-25-10-9-23-46(48)50/h1-36H. The van der Waals surface area contributed by atoms with Crippen LogP contribution in [-0.4, -0.2) is 4.57 Å². The van der Waals surface area contributed by atoms with Crippen molar-refractivity contribution in [1.29, 1.82) is 0 Å². The van der Waals surface area contributed by atoms with Crippen molar-refractivity contribution in [2.75, 3.05) is 4.90 Å². The number of hydrogen-bond donors (Lipinski definition) is 0. The molecule has 0 fully saturated rings. The second-order valence-corrected chi connectivity index (χ2v) is 14.5. The van der Waals surface area contributed by atoms with Gasteiger partial charge in [0.25, 0.3) is 0 Å². The first-order valence-corrected chi connectivity index (χ1v) is 19.3. The summed E-state index contributed by atoms with van der Waals surface area (Å²) < 4.78 is 2.42.